The Labute approximate surface area is 105 Å². The van der Waals surface area contributed by atoms with Crippen molar-refractivity contribution in [2.75, 3.05) is 26.8 Å². The average Bonchev–Trinajstić information content (AvgIpc) is 2.25. The van der Waals surface area contributed by atoms with E-state index in [0.717, 1.165) is 5.56 Å². The SMILES string of the molecule is CNCC(O)c1ccc(OC2COC2)c(Cl)c1. The fraction of sp³-hybridized carbons (Fsp3) is 0.500. The minimum absolute atomic E-state index is 0.0978. The number of halogens is 1. The summed E-state index contributed by atoms with van der Waals surface area (Å²) in [5.41, 5.74) is 0.779. The number of likely N-dealkylation sites (N-methyl/N-ethyl adjacent to an activating group) is 1. The van der Waals surface area contributed by atoms with Crippen molar-refractivity contribution in [2.45, 2.75) is 12.2 Å². The number of nitrogens with one attached hydrogen (secondary N) is 1. The van der Waals surface area contributed by atoms with Gasteiger partial charge in [0.25, 0.3) is 0 Å². The van der Waals surface area contributed by atoms with Gasteiger partial charge in [-0.1, -0.05) is 17.7 Å². The van der Waals surface area contributed by atoms with Crippen LogP contribution in [0, 0.1) is 0 Å². The Balaban J connectivity index is 2.04. The first kappa shape index (κ1) is 12.6. The first-order valence-electron chi connectivity index (χ1n) is 5.57. The highest BCUT2D eigenvalue weighted by Gasteiger charge is 2.21. The predicted molar refractivity (Wildman–Crippen MR) is 65.6 cm³/mol. The van der Waals surface area contributed by atoms with Crippen molar-refractivity contribution in [2.24, 2.45) is 0 Å². The molecule has 0 aromatic heterocycles. The van der Waals surface area contributed by atoms with E-state index >= 15 is 0 Å². The van der Waals surface area contributed by atoms with E-state index in [1.165, 1.54) is 0 Å². The van der Waals surface area contributed by atoms with Crippen LogP contribution < -0.4 is 10.1 Å². The summed E-state index contributed by atoms with van der Waals surface area (Å²) in [6.45, 7) is 1.72. The lowest BCUT2D eigenvalue weighted by molar-refractivity contribution is -0.0796. The quantitative estimate of drug-likeness (QED) is 0.837. The van der Waals surface area contributed by atoms with Crippen molar-refractivity contribution in [3.8, 4) is 5.75 Å². The molecule has 0 amide bonds. The molecule has 5 heteroatoms. The predicted octanol–water partition coefficient (Wildman–Crippen LogP) is 1.37. The standard InChI is InChI=1S/C12H16ClNO3/c1-14-5-11(15)8-2-3-12(10(13)4-8)17-9-6-16-7-9/h2-4,9,11,14-15H,5-7H2,1H3. The average molecular weight is 258 g/mol. The van der Waals surface area contributed by atoms with Gasteiger partial charge < -0.3 is 19.9 Å². The van der Waals surface area contributed by atoms with Gasteiger partial charge in [-0.15, -0.1) is 0 Å². The number of hydrogen-bond donors (Lipinski definition) is 2. The fourth-order valence-corrected chi connectivity index (χ4v) is 1.83. The zero-order chi connectivity index (χ0) is 12.3. The van der Waals surface area contributed by atoms with Crippen LogP contribution >= 0.6 is 11.6 Å². The molecule has 1 fully saturated rings. The highest BCUT2D eigenvalue weighted by molar-refractivity contribution is 6.32. The van der Waals surface area contributed by atoms with Crippen LogP contribution in [0.3, 0.4) is 0 Å². The molecule has 1 aromatic carbocycles. The Morgan fingerprint density at radius 1 is 1.59 bits per heavy atom. The number of aliphatic hydroxyl groups excluding tert-OH is 1. The molecule has 2 rings (SSSR count). The van der Waals surface area contributed by atoms with Crippen molar-refractivity contribution in [1.82, 2.24) is 5.32 Å². The highest BCUT2D eigenvalue weighted by Crippen LogP contribution is 2.29. The Hall–Kier alpha value is -0.810. The van der Waals surface area contributed by atoms with Gasteiger partial charge in [-0.3, -0.25) is 0 Å². The molecular formula is C12H16ClNO3. The molecule has 1 aliphatic rings. The Kier molecular flexibility index (Phi) is 4.23. The van der Waals surface area contributed by atoms with Crippen LogP contribution in [-0.4, -0.2) is 38.0 Å². The largest absolute Gasteiger partial charge is 0.484 e. The van der Waals surface area contributed by atoms with Crippen LogP contribution in [0.5, 0.6) is 5.75 Å². The van der Waals surface area contributed by atoms with Gasteiger partial charge in [0.05, 0.1) is 24.3 Å². The molecule has 2 N–H and O–H groups in total. The molecule has 1 aromatic rings. The molecule has 1 saturated heterocycles. The second kappa shape index (κ2) is 5.69. The number of rotatable bonds is 5. The van der Waals surface area contributed by atoms with E-state index in [1.54, 1.807) is 19.2 Å². The van der Waals surface area contributed by atoms with Gasteiger partial charge in [-0.25, -0.2) is 0 Å². The van der Waals surface area contributed by atoms with Crippen molar-refractivity contribution in [1.29, 1.82) is 0 Å². The van der Waals surface area contributed by atoms with E-state index in [-0.39, 0.29) is 6.10 Å². The maximum Gasteiger partial charge on any atom is 0.145 e. The van der Waals surface area contributed by atoms with E-state index in [9.17, 15) is 5.11 Å². The maximum atomic E-state index is 9.79. The molecule has 0 aliphatic carbocycles. The van der Waals surface area contributed by atoms with Gasteiger partial charge in [0, 0.05) is 6.54 Å². The van der Waals surface area contributed by atoms with Crippen LogP contribution in [0.4, 0.5) is 0 Å². The lowest BCUT2D eigenvalue weighted by Crippen LogP contribution is -2.38. The lowest BCUT2D eigenvalue weighted by Gasteiger charge is -2.27. The van der Waals surface area contributed by atoms with Crippen molar-refractivity contribution in [3.05, 3.63) is 28.8 Å². The summed E-state index contributed by atoms with van der Waals surface area (Å²) in [7, 11) is 1.79. The van der Waals surface area contributed by atoms with E-state index in [4.69, 9.17) is 21.1 Å². The number of benzene rings is 1. The minimum Gasteiger partial charge on any atom is -0.484 e. The monoisotopic (exact) mass is 257 g/mol. The van der Waals surface area contributed by atoms with Crippen molar-refractivity contribution < 1.29 is 14.6 Å². The van der Waals surface area contributed by atoms with Gasteiger partial charge in [-0.05, 0) is 24.7 Å². The van der Waals surface area contributed by atoms with E-state index < -0.39 is 6.10 Å². The summed E-state index contributed by atoms with van der Waals surface area (Å²) in [6.07, 6.45) is -0.459. The summed E-state index contributed by atoms with van der Waals surface area (Å²) in [5.74, 6) is 0.639. The molecular weight excluding hydrogens is 242 g/mol. The van der Waals surface area contributed by atoms with Gasteiger partial charge in [0.1, 0.15) is 11.9 Å². The summed E-state index contributed by atoms with van der Waals surface area (Å²) in [4.78, 5) is 0. The maximum absolute atomic E-state index is 9.79. The third-order valence-corrected chi connectivity index (χ3v) is 2.93. The molecule has 1 atom stereocenters. The summed E-state index contributed by atoms with van der Waals surface area (Å²) >= 11 is 6.10. The van der Waals surface area contributed by atoms with Crippen molar-refractivity contribution in [3.63, 3.8) is 0 Å². The van der Waals surface area contributed by atoms with Crippen LogP contribution in [-0.2, 0) is 4.74 Å². The third kappa shape index (κ3) is 3.10. The zero-order valence-electron chi connectivity index (χ0n) is 9.65. The Bertz CT molecular complexity index is 382. The molecule has 1 unspecified atom stereocenters. The van der Waals surface area contributed by atoms with E-state index in [2.05, 4.69) is 5.32 Å². The summed E-state index contributed by atoms with van der Waals surface area (Å²) < 4.78 is 10.6. The molecule has 0 bridgehead atoms. The van der Waals surface area contributed by atoms with Crippen LogP contribution in [0.2, 0.25) is 5.02 Å². The van der Waals surface area contributed by atoms with Gasteiger partial charge in [-0.2, -0.15) is 0 Å². The summed E-state index contributed by atoms with van der Waals surface area (Å²) in [6, 6.07) is 5.34. The van der Waals surface area contributed by atoms with Crippen LogP contribution in [0.1, 0.15) is 11.7 Å². The van der Waals surface area contributed by atoms with E-state index in [0.29, 0.717) is 30.5 Å². The minimum atomic E-state index is -0.557. The van der Waals surface area contributed by atoms with Gasteiger partial charge in [0.15, 0.2) is 0 Å². The molecule has 1 aliphatic heterocycles. The molecule has 4 nitrogen and oxygen atoms in total. The number of hydrogen-bond acceptors (Lipinski definition) is 4. The molecule has 94 valence electrons. The third-order valence-electron chi connectivity index (χ3n) is 2.64. The molecule has 17 heavy (non-hydrogen) atoms. The Morgan fingerprint density at radius 2 is 2.35 bits per heavy atom. The smallest absolute Gasteiger partial charge is 0.145 e. The molecule has 0 spiro atoms. The first-order valence-corrected chi connectivity index (χ1v) is 5.95. The molecule has 0 saturated carbocycles. The lowest BCUT2D eigenvalue weighted by atomic mass is 10.1. The van der Waals surface area contributed by atoms with Gasteiger partial charge in [0.2, 0.25) is 0 Å². The van der Waals surface area contributed by atoms with Crippen LogP contribution in [0.15, 0.2) is 18.2 Å². The normalized spacial score (nSPS) is 17.6. The molecule has 1 heterocycles. The van der Waals surface area contributed by atoms with Crippen molar-refractivity contribution >= 4 is 11.6 Å². The topological polar surface area (TPSA) is 50.7 Å². The van der Waals surface area contributed by atoms with Crippen LogP contribution in [0.25, 0.3) is 0 Å². The highest BCUT2D eigenvalue weighted by atomic mass is 35.5. The second-order valence-electron chi connectivity index (χ2n) is 4.04. The Morgan fingerprint density at radius 3 is 2.88 bits per heavy atom. The second-order valence-corrected chi connectivity index (χ2v) is 4.45. The van der Waals surface area contributed by atoms with E-state index in [1.807, 2.05) is 6.07 Å². The zero-order valence-corrected chi connectivity index (χ0v) is 10.4. The molecule has 0 radical (unpaired) electrons. The summed E-state index contributed by atoms with van der Waals surface area (Å²) in [5, 5.41) is 13.2. The van der Waals surface area contributed by atoms with Gasteiger partial charge >= 0.3 is 0 Å². The fourth-order valence-electron chi connectivity index (χ4n) is 1.59. The number of ether oxygens (including phenoxy) is 2. The first-order chi connectivity index (χ1) is 8.20. The number of aliphatic hydroxyl groups is 1.